The van der Waals surface area contributed by atoms with E-state index in [-0.39, 0.29) is 11.8 Å². The van der Waals surface area contributed by atoms with Crippen LogP contribution in [0.3, 0.4) is 0 Å². The van der Waals surface area contributed by atoms with Crippen LogP contribution in [-0.4, -0.2) is 35.0 Å². The molecule has 21 heavy (non-hydrogen) atoms. The molecule has 1 heterocycles. The van der Waals surface area contributed by atoms with E-state index in [4.69, 9.17) is 0 Å². The van der Waals surface area contributed by atoms with E-state index < -0.39 is 11.4 Å². The second kappa shape index (κ2) is 5.72. The smallest absolute Gasteiger partial charge is 0.327 e. The molecule has 2 rings (SSSR count). The van der Waals surface area contributed by atoms with Gasteiger partial charge in [-0.2, -0.15) is 0 Å². The van der Waals surface area contributed by atoms with E-state index in [0.29, 0.717) is 18.7 Å². The Balaban J connectivity index is 2.63. The minimum atomic E-state index is -1.69. The molecule has 1 aliphatic rings. The van der Waals surface area contributed by atoms with Crippen molar-refractivity contribution in [2.24, 2.45) is 0 Å². The van der Waals surface area contributed by atoms with Gasteiger partial charge in [0, 0.05) is 13.1 Å². The zero-order valence-electron chi connectivity index (χ0n) is 12.5. The van der Waals surface area contributed by atoms with E-state index in [9.17, 15) is 14.7 Å². The molecule has 1 atom stereocenters. The van der Waals surface area contributed by atoms with Crippen molar-refractivity contribution in [1.29, 1.82) is 0 Å². The summed E-state index contributed by atoms with van der Waals surface area (Å²) in [5.41, 5.74) is -0.297. The molecule has 1 fully saturated rings. The van der Waals surface area contributed by atoms with Crippen molar-refractivity contribution in [2.45, 2.75) is 31.6 Å². The standard InChI is InChI=1S/C17H21NO3/c1-4-17(16(20)21,15(19)18-10-7-11-18)14-9-6-5-8-13(14)12(2)3/h4-6,8-9,12H,1,7,10-11H2,2-3H3,(H,20,21). The van der Waals surface area contributed by atoms with Crippen LogP contribution in [0, 0.1) is 0 Å². The van der Waals surface area contributed by atoms with Crippen molar-refractivity contribution in [2.75, 3.05) is 13.1 Å². The monoisotopic (exact) mass is 287 g/mol. The Kier molecular flexibility index (Phi) is 4.16. The van der Waals surface area contributed by atoms with Gasteiger partial charge in [-0.05, 0) is 23.5 Å². The molecule has 0 spiro atoms. The molecule has 1 unspecified atom stereocenters. The number of hydrogen-bond acceptors (Lipinski definition) is 2. The highest BCUT2D eigenvalue weighted by Gasteiger charge is 2.49. The van der Waals surface area contributed by atoms with Crippen LogP contribution in [0.4, 0.5) is 0 Å². The van der Waals surface area contributed by atoms with Crippen molar-refractivity contribution in [3.8, 4) is 0 Å². The van der Waals surface area contributed by atoms with Crippen LogP contribution in [0.25, 0.3) is 0 Å². The summed E-state index contributed by atoms with van der Waals surface area (Å²) in [6, 6.07) is 7.24. The van der Waals surface area contributed by atoms with Crippen molar-refractivity contribution < 1.29 is 14.7 Å². The molecule has 1 aromatic rings. The van der Waals surface area contributed by atoms with Gasteiger partial charge in [0.15, 0.2) is 5.41 Å². The quantitative estimate of drug-likeness (QED) is 0.669. The largest absolute Gasteiger partial charge is 0.480 e. The van der Waals surface area contributed by atoms with Gasteiger partial charge >= 0.3 is 5.97 Å². The molecule has 4 heteroatoms. The molecular formula is C17H21NO3. The predicted octanol–water partition coefficient (Wildman–Crippen LogP) is 2.55. The summed E-state index contributed by atoms with van der Waals surface area (Å²) in [6.45, 7) is 8.88. The number of amides is 1. The van der Waals surface area contributed by atoms with Crippen LogP contribution in [0.1, 0.15) is 37.3 Å². The Labute approximate surface area is 125 Å². The van der Waals surface area contributed by atoms with E-state index in [0.717, 1.165) is 12.0 Å². The first-order valence-corrected chi connectivity index (χ1v) is 7.21. The molecule has 1 aliphatic heterocycles. The summed E-state index contributed by atoms with van der Waals surface area (Å²) in [7, 11) is 0. The van der Waals surface area contributed by atoms with Crippen molar-refractivity contribution in [3.05, 3.63) is 48.0 Å². The number of benzene rings is 1. The minimum absolute atomic E-state index is 0.129. The van der Waals surface area contributed by atoms with Crippen molar-refractivity contribution in [3.63, 3.8) is 0 Å². The lowest BCUT2D eigenvalue weighted by Gasteiger charge is -2.38. The fourth-order valence-corrected chi connectivity index (χ4v) is 2.73. The van der Waals surface area contributed by atoms with Crippen LogP contribution in [-0.2, 0) is 15.0 Å². The maximum absolute atomic E-state index is 12.8. The Morgan fingerprint density at radius 1 is 1.33 bits per heavy atom. The second-order valence-corrected chi connectivity index (χ2v) is 5.70. The maximum Gasteiger partial charge on any atom is 0.327 e. The molecule has 4 nitrogen and oxygen atoms in total. The Morgan fingerprint density at radius 2 is 1.95 bits per heavy atom. The number of aliphatic carboxylic acids is 1. The summed E-state index contributed by atoms with van der Waals surface area (Å²) in [5.74, 6) is -1.42. The van der Waals surface area contributed by atoms with E-state index in [1.807, 2.05) is 26.0 Å². The van der Waals surface area contributed by atoms with Crippen molar-refractivity contribution in [1.82, 2.24) is 4.90 Å². The van der Waals surface area contributed by atoms with Crippen molar-refractivity contribution >= 4 is 11.9 Å². The molecule has 112 valence electrons. The number of carboxylic acids is 1. The Morgan fingerprint density at radius 3 is 2.38 bits per heavy atom. The van der Waals surface area contributed by atoms with Gasteiger partial charge in [0.2, 0.25) is 5.91 Å². The fraction of sp³-hybridized carbons (Fsp3) is 0.412. The van der Waals surface area contributed by atoms with E-state index >= 15 is 0 Å². The molecule has 1 amide bonds. The van der Waals surface area contributed by atoms with Gasteiger partial charge in [0.25, 0.3) is 0 Å². The molecule has 1 N–H and O–H groups in total. The van der Waals surface area contributed by atoms with Gasteiger partial charge in [-0.15, -0.1) is 6.58 Å². The number of likely N-dealkylation sites (tertiary alicyclic amines) is 1. The summed E-state index contributed by atoms with van der Waals surface area (Å²) in [4.78, 5) is 26.4. The van der Waals surface area contributed by atoms with Crippen LogP contribution in [0.5, 0.6) is 0 Å². The first-order valence-electron chi connectivity index (χ1n) is 7.21. The summed E-state index contributed by atoms with van der Waals surface area (Å²) in [6.07, 6.45) is 2.20. The van der Waals surface area contributed by atoms with Gasteiger partial charge in [0.05, 0.1) is 0 Å². The molecule has 0 bridgehead atoms. The van der Waals surface area contributed by atoms with Crippen LogP contribution >= 0.6 is 0 Å². The van der Waals surface area contributed by atoms with Crippen LogP contribution in [0.15, 0.2) is 36.9 Å². The molecule has 1 aromatic carbocycles. The third kappa shape index (κ3) is 2.35. The highest BCUT2D eigenvalue weighted by atomic mass is 16.4. The first kappa shape index (κ1) is 15.3. The zero-order chi connectivity index (χ0) is 15.6. The number of carbonyl (C=O) groups is 2. The lowest BCUT2D eigenvalue weighted by Crippen LogP contribution is -2.55. The number of carboxylic acid groups (broad SMARTS) is 1. The molecule has 0 saturated carbocycles. The summed E-state index contributed by atoms with van der Waals surface area (Å²) >= 11 is 0. The van der Waals surface area contributed by atoms with Gasteiger partial charge in [-0.3, -0.25) is 9.59 Å². The molecular weight excluding hydrogens is 266 g/mol. The fourth-order valence-electron chi connectivity index (χ4n) is 2.73. The number of rotatable bonds is 5. The number of carbonyl (C=O) groups excluding carboxylic acids is 1. The maximum atomic E-state index is 12.8. The minimum Gasteiger partial charge on any atom is -0.480 e. The SMILES string of the molecule is C=CC(C(=O)O)(C(=O)N1CCC1)c1ccccc1C(C)C. The molecule has 0 aromatic heterocycles. The van der Waals surface area contributed by atoms with Crippen LogP contribution in [0.2, 0.25) is 0 Å². The third-order valence-electron chi connectivity index (χ3n) is 4.13. The Hall–Kier alpha value is -2.10. The predicted molar refractivity (Wildman–Crippen MR) is 81.2 cm³/mol. The third-order valence-corrected chi connectivity index (χ3v) is 4.13. The summed E-state index contributed by atoms with van der Waals surface area (Å²) < 4.78 is 0. The topological polar surface area (TPSA) is 57.6 Å². The molecule has 0 aliphatic carbocycles. The van der Waals surface area contributed by atoms with Crippen LogP contribution < -0.4 is 0 Å². The highest BCUT2D eigenvalue weighted by Crippen LogP contribution is 2.35. The first-order chi connectivity index (χ1) is 9.95. The number of hydrogen-bond donors (Lipinski definition) is 1. The van der Waals surface area contributed by atoms with Gasteiger partial charge in [0.1, 0.15) is 0 Å². The molecule has 0 radical (unpaired) electrons. The average Bonchev–Trinajstić information content (AvgIpc) is 2.38. The number of nitrogens with zero attached hydrogens (tertiary/aromatic N) is 1. The lowest BCUT2D eigenvalue weighted by molar-refractivity contribution is -0.153. The average molecular weight is 287 g/mol. The van der Waals surface area contributed by atoms with Gasteiger partial charge < -0.3 is 10.0 Å². The van der Waals surface area contributed by atoms with E-state index in [1.165, 1.54) is 6.08 Å². The molecule has 1 saturated heterocycles. The summed E-state index contributed by atoms with van der Waals surface area (Å²) in [5, 5.41) is 9.80. The zero-order valence-corrected chi connectivity index (χ0v) is 12.5. The Bertz CT molecular complexity index is 575. The normalized spacial score (nSPS) is 17.0. The lowest BCUT2D eigenvalue weighted by atomic mass is 9.74. The second-order valence-electron chi connectivity index (χ2n) is 5.70. The van der Waals surface area contributed by atoms with Gasteiger partial charge in [-0.25, -0.2) is 0 Å². The van der Waals surface area contributed by atoms with Gasteiger partial charge in [-0.1, -0.05) is 44.2 Å². The van der Waals surface area contributed by atoms with E-state index in [2.05, 4.69) is 6.58 Å². The van der Waals surface area contributed by atoms with E-state index in [1.54, 1.807) is 17.0 Å². The highest BCUT2D eigenvalue weighted by molar-refractivity contribution is 6.10.